The summed E-state index contributed by atoms with van der Waals surface area (Å²) in [6.07, 6.45) is 1.50. The molecule has 2 aromatic carbocycles. The molecule has 0 saturated carbocycles. The van der Waals surface area contributed by atoms with Gasteiger partial charge in [0.25, 0.3) is 5.91 Å². The molecule has 9 heteroatoms. The molecule has 8 nitrogen and oxygen atoms in total. The zero-order valence-corrected chi connectivity index (χ0v) is 14.8. The quantitative estimate of drug-likeness (QED) is 0.320. The number of esters is 1. The summed E-state index contributed by atoms with van der Waals surface area (Å²) in [7, 11) is 0. The molecule has 0 aromatic heterocycles. The van der Waals surface area contributed by atoms with E-state index in [9.17, 15) is 19.7 Å². The molecule has 1 N–H and O–H groups in total. The highest BCUT2D eigenvalue weighted by molar-refractivity contribution is 6.30. The Bertz CT molecular complexity index is 867. The normalized spacial score (nSPS) is 9.96. The summed E-state index contributed by atoms with van der Waals surface area (Å²) < 4.78 is 10.4. The lowest BCUT2D eigenvalue weighted by molar-refractivity contribution is -0.385. The maximum Gasteiger partial charge on any atom is 0.338 e. The topological polar surface area (TPSA) is 108 Å². The third-order valence-corrected chi connectivity index (χ3v) is 3.45. The number of hydrogen-bond acceptors (Lipinski definition) is 6. The molecule has 0 fully saturated rings. The fourth-order valence-corrected chi connectivity index (χ4v) is 2.12. The van der Waals surface area contributed by atoms with Crippen molar-refractivity contribution in [3.05, 3.63) is 75.8 Å². The van der Waals surface area contributed by atoms with Gasteiger partial charge in [0.2, 0.25) is 5.75 Å². The molecular formula is C18H15ClN2O6. The fourth-order valence-electron chi connectivity index (χ4n) is 1.96. The Hall–Kier alpha value is -3.39. The van der Waals surface area contributed by atoms with Crippen LogP contribution in [0.2, 0.25) is 5.02 Å². The predicted molar refractivity (Wildman–Crippen MR) is 98.1 cm³/mol. The van der Waals surface area contributed by atoms with Gasteiger partial charge in [-0.2, -0.15) is 0 Å². The number of carbonyl (C=O) groups is 2. The second-order valence-electron chi connectivity index (χ2n) is 5.16. The first kappa shape index (κ1) is 19.9. The van der Waals surface area contributed by atoms with Gasteiger partial charge in [-0.1, -0.05) is 17.7 Å². The third kappa shape index (κ3) is 5.82. The number of nitro groups is 1. The van der Waals surface area contributed by atoms with Gasteiger partial charge in [-0.3, -0.25) is 14.9 Å². The summed E-state index contributed by atoms with van der Waals surface area (Å²) in [4.78, 5) is 33.8. The molecule has 27 heavy (non-hydrogen) atoms. The Labute approximate surface area is 159 Å². The van der Waals surface area contributed by atoms with Crippen LogP contribution in [0, 0.1) is 10.1 Å². The monoisotopic (exact) mass is 390 g/mol. The average molecular weight is 391 g/mol. The van der Waals surface area contributed by atoms with Gasteiger partial charge < -0.3 is 14.8 Å². The lowest BCUT2D eigenvalue weighted by Crippen LogP contribution is -2.28. The first-order valence-electron chi connectivity index (χ1n) is 7.67. The van der Waals surface area contributed by atoms with Crippen molar-refractivity contribution in [1.82, 2.24) is 5.32 Å². The molecule has 2 aromatic rings. The molecule has 0 heterocycles. The SMILES string of the molecule is C=CCNC(=O)COC(=O)c1ccc(Oc2ccc(Cl)cc2[N+](=O)[O-])cc1. The van der Waals surface area contributed by atoms with Crippen LogP contribution >= 0.6 is 11.6 Å². The summed E-state index contributed by atoms with van der Waals surface area (Å²) in [5, 5.41) is 13.8. The number of benzene rings is 2. The highest BCUT2D eigenvalue weighted by Crippen LogP contribution is 2.33. The van der Waals surface area contributed by atoms with E-state index in [0.29, 0.717) is 0 Å². The lowest BCUT2D eigenvalue weighted by atomic mass is 10.2. The van der Waals surface area contributed by atoms with Crippen LogP contribution in [0.25, 0.3) is 0 Å². The van der Waals surface area contributed by atoms with Crippen molar-refractivity contribution in [2.24, 2.45) is 0 Å². The molecule has 0 aliphatic carbocycles. The van der Waals surface area contributed by atoms with E-state index in [1.165, 1.54) is 48.5 Å². The van der Waals surface area contributed by atoms with Crippen molar-refractivity contribution >= 4 is 29.2 Å². The number of amides is 1. The van der Waals surface area contributed by atoms with Gasteiger partial charge in [0.05, 0.1) is 10.5 Å². The molecule has 0 atom stereocenters. The number of nitrogens with zero attached hydrogens (tertiary/aromatic N) is 1. The summed E-state index contributed by atoms with van der Waals surface area (Å²) in [6, 6.07) is 9.76. The molecule has 0 spiro atoms. The average Bonchev–Trinajstić information content (AvgIpc) is 2.66. The highest BCUT2D eigenvalue weighted by Gasteiger charge is 2.17. The summed E-state index contributed by atoms with van der Waals surface area (Å²) in [5.74, 6) is -0.842. The van der Waals surface area contributed by atoms with Gasteiger partial charge in [0.1, 0.15) is 5.75 Å². The van der Waals surface area contributed by atoms with E-state index in [0.717, 1.165) is 0 Å². The van der Waals surface area contributed by atoms with Gasteiger partial charge in [-0.15, -0.1) is 6.58 Å². The molecule has 0 radical (unpaired) electrons. The Kier molecular flexibility index (Phi) is 6.90. The van der Waals surface area contributed by atoms with Crippen molar-refractivity contribution in [2.75, 3.05) is 13.2 Å². The second kappa shape index (κ2) is 9.35. The van der Waals surface area contributed by atoms with E-state index < -0.39 is 23.4 Å². The fraction of sp³-hybridized carbons (Fsp3) is 0.111. The molecule has 1 amide bonds. The number of hydrogen-bond donors (Lipinski definition) is 1. The molecular weight excluding hydrogens is 376 g/mol. The molecule has 0 aliphatic heterocycles. The van der Waals surface area contributed by atoms with Crippen molar-refractivity contribution < 1.29 is 24.0 Å². The smallest absolute Gasteiger partial charge is 0.338 e. The Morgan fingerprint density at radius 3 is 2.56 bits per heavy atom. The van der Waals surface area contributed by atoms with Crippen LogP contribution in [0.1, 0.15) is 10.4 Å². The Morgan fingerprint density at radius 2 is 1.93 bits per heavy atom. The number of halogens is 1. The molecule has 2 rings (SSSR count). The maximum atomic E-state index is 11.9. The van der Waals surface area contributed by atoms with E-state index in [4.69, 9.17) is 21.1 Å². The van der Waals surface area contributed by atoms with Crippen molar-refractivity contribution in [2.45, 2.75) is 0 Å². The number of nitrogens with one attached hydrogen (secondary N) is 1. The number of rotatable bonds is 8. The van der Waals surface area contributed by atoms with Crippen molar-refractivity contribution in [3.63, 3.8) is 0 Å². The zero-order valence-electron chi connectivity index (χ0n) is 14.0. The minimum absolute atomic E-state index is 0.0126. The second-order valence-corrected chi connectivity index (χ2v) is 5.60. The molecule has 0 saturated heterocycles. The van der Waals surface area contributed by atoms with E-state index in [1.807, 2.05) is 0 Å². The summed E-state index contributed by atoms with van der Waals surface area (Å²) in [5.41, 5.74) is -0.0824. The predicted octanol–water partition coefficient (Wildman–Crippen LogP) is 3.50. The van der Waals surface area contributed by atoms with Crippen LogP contribution in [0.15, 0.2) is 55.1 Å². The summed E-state index contributed by atoms with van der Waals surface area (Å²) >= 11 is 5.75. The largest absolute Gasteiger partial charge is 0.452 e. The summed E-state index contributed by atoms with van der Waals surface area (Å²) in [6.45, 7) is 3.32. The van der Waals surface area contributed by atoms with Gasteiger partial charge in [0, 0.05) is 17.6 Å². The Morgan fingerprint density at radius 1 is 1.22 bits per heavy atom. The molecule has 140 valence electrons. The maximum absolute atomic E-state index is 11.9. The minimum atomic E-state index is -0.687. The van der Waals surface area contributed by atoms with Crippen LogP contribution in [0.4, 0.5) is 5.69 Å². The van der Waals surface area contributed by atoms with Crippen LogP contribution in [0.5, 0.6) is 11.5 Å². The molecule has 0 aliphatic rings. The van der Waals surface area contributed by atoms with E-state index in [-0.39, 0.29) is 34.3 Å². The van der Waals surface area contributed by atoms with Gasteiger partial charge in [-0.25, -0.2) is 4.79 Å². The highest BCUT2D eigenvalue weighted by atomic mass is 35.5. The van der Waals surface area contributed by atoms with Gasteiger partial charge in [0.15, 0.2) is 6.61 Å². The standard InChI is InChI=1S/C18H15ClN2O6/c1-2-9-20-17(22)11-26-18(23)12-3-6-14(7-4-12)27-16-8-5-13(19)10-15(16)21(24)25/h2-8,10H,1,9,11H2,(H,20,22). The lowest BCUT2D eigenvalue weighted by Gasteiger charge is -2.08. The van der Waals surface area contributed by atoms with Gasteiger partial charge in [-0.05, 0) is 36.4 Å². The van der Waals surface area contributed by atoms with Crippen LogP contribution in [-0.2, 0) is 9.53 Å². The van der Waals surface area contributed by atoms with E-state index in [2.05, 4.69) is 11.9 Å². The van der Waals surface area contributed by atoms with E-state index >= 15 is 0 Å². The van der Waals surface area contributed by atoms with Crippen molar-refractivity contribution in [1.29, 1.82) is 0 Å². The Balaban J connectivity index is 2.01. The molecule has 0 unspecified atom stereocenters. The number of nitro benzene ring substituents is 1. The minimum Gasteiger partial charge on any atom is -0.452 e. The third-order valence-electron chi connectivity index (χ3n) is 3.21. The van der Waals surface area contributed by atoms with Crippen molar-refractivity contribution in [3.8, 4) is 11.5 Å². The van der Waals surface area contributed by atoms with E-state index in [1.54, 1.807) is 0 Å². The van der Waals surface area contributed by atoms with Crippen LogP contribution < -0.4 is 10.1 Å². The van der Waals surface area contributed by atoms with Gasteiger partial charge >= 0.3 is 11.7 Å². The molecule has 0 bridgehead atoms. The number of ether oxygens (including phenoxy) is 2. The first-order valence-corrected chi connectivity index (χ1v) is 8.05. The van der Waals surface area contributed by atoms with Crippen LogP contribution in [-0.4, -0.2) is 30.0 Å². The first-order chi connectivity index (χ1) is 12.9. The van der Waals surface area contributed by atoms with Crippen LogP contribution in [0.3, 0.4) is 0 Å². The zero-order chi connectivity index (χ0) is 19.8. The number of carbonyl (C=O) groups excluding carboxylic acids is 2.